The summed E-state index contributed by atoms with van der Waals surface area (Å²) in [7, 11) is 1.35. The predicted octanol–water partition coefficient (Wildman–Crippen LogP) is 4.16. The van der Waals surface area contributed by atoms with Gasteiger partial charge in [-0.2, -0.15) is 0 Å². The highest BCUT2D eigenvalue weighted by Gasteiger charge is 2.43. The fourth-order valence-corrected chi connectivity index (χ4v) is 3.86. The molecule has 24 heavy (non-hydrogen) atoms. The van der Waals surface area contributed by atoms with Crippen molar-refractivity contribution in [3.63, 3.8) is 0 Å². The maximum Gasteiger partial charge on any atom is 0.331 e. The number of hydrogen-bond acceptors (Lipinski definition) is 3. The zero-order valence-electron chi connectivity index (χ0n) is 14.0. The van der Waals surface area contributed by atoms with Gasteiger partial charge in [-0.05, 0) is 49.3 Å². The molecule has 0 atom stereocenters. The Hall–Kier alpha value is -1.26. The highest BCUT2D eigenvalue weighted by atomic mass is 35.5. The molecule has 0 bridgehead atoms. The number of ether oxygens (including phenoxy) is 1. The molecular weight excluding hydrogens is 349 g/mol. The van der Waals surface area contributed by atoms with Crippen molar-refractivity contribution in [2.24, 2.45) is 5.92 Å². The van der Waals surface area contributed by atoms with Crippen molar-refractivity contribution in [2.45, 2.75) is 51.0 Å². The minimum atomic E-state index is -0.939. The lowest BCUT2D eigenvalue weighted by Crippen LogP contribution is -2.57. The molecule has 1 saturated carbocycles. The van der Waals surface area contributed by atoms with Gasteiger partial charge in [0.25, 0.3) is 0 Å². The number of nitrogens with one attached hydrogen (secondary N) is 1. The lowest BCUT2D eigenvalue weighted by molar-refractivity contribution is -0.153. The largest absolute Gasteiger partial charge is 0.467 e. The molecule has 1 amide bonds. The third-order valence-corrected chi connectivity index (χ3v) is 5.60. The Bertz CT molecular complexity index is 590. The molecule has 0 radical (unpaired) electrons. The summed E-state index contributed by atoms with van der Waals surface area (Å²) in [4.78, 5) is 24.8. The number of esters is 1. The molecule has 4 nitrogen and oxygen atoms in total. The first-order valence-electron chi connectivity index (χ1n) is 8.24. The average molecular weight is 372 g/mol. The minimum absolute atomic E-state index is 0.0362. The highest BCUT2D eigenvalue weighted by molar-refractivity contribution is 6.36. The van der Waals surface area contributed by atoms with Gasteiger partial charge < -0.3 is 10.1 Å². The second-order valence-electron chi connectivity index (χ2n) is 6.35. The standard InChI is InChI=1S/C18H23Cl2NO3/c1-3-12-7-9-18(10-8-12,17(23)24-2)21-16(22)11-13-14(19)5-4-6-15(13)20/h4-6,12H,3,7-11H2,1-2H3,(H,21,22). The molecule has 0 spiro atoms. The van der Waals surface area contributed by atoms with Gasteiger partial charge in [0, 0.05) is 10.0 Å². The van der Waals surface area contributed by atoms with Crippen molar-refractivity contribution < 1.29 is 14.3 Å². The molecule has 1 aromatic rings. The van der Waals surface area contributed by atoms with Crippen LogP contribution >= 0.6 is 23.2 Å². The van der Waals surface area contributed by atoms with Crippen molar-refractivity contribution >= 4 is 35.1 Å². The zero-order valence-corrected chi connectivity index (χ0v) is 15.5. The molecule has 1 aliphatic carbocycles. The summed E-state index contributed by atoms with van der Waals surface area (Å²) in [6, 6.07) is 5.12. The van der Waals surface area contributed by atoms with Gasteiger partial charge in [-0.15, -0.1) is 0 Å². The number of amides is 1. The smallest absolute Gasteiger partial charge is 0.331 e. The number of methoxy groups -OCH3 is 1. The molecule has 0 saturated heterocycles. The van der Waals surface area contributed by atoms with Crippen LogP contribution in [-0.2, 0) is 20.7 Å². The molecule has 1 N–H and O–H groups in total. The fraction of sp³-hybridized carbons (Fsp3) is 0.556. The van der Waals surface area contributed by atoms with Crippen LogP contribution in [0.3, 0.4) is 0 Å². The first-order chi connectivity index (χ1) is 11.4. The molecule has 0 unspecified atom stereocenters. The van der Waals surface area contributed by atoms with E-state index in [1.54, 1.807) is 18.2 Å². The van der Waals surface area contributed by atoms with E-state index in [-0.39, 0.29) is 18.3 Å². The van der Waals surface area contributed by atoms with Crippen LogP contribution in [-0.4, -0.2) is 24.5 Å². The second kappa shape index (κ2) is 8.21. The van der Waals surface area contributed by atoms with Gasteiger partial charge in [0.15, 0.2) is 0 Å². The lowest BCUT2D eigenvalue weighted by atomic mass is 9.75. The summed E-state index contributed by atoms with van der Waals surface area (Å²) >= 11 is 12.2. The van der Waals surface area contributed by atoms with Gasteiger partial charge >= 0.3 is 5.97 Å². The second-order valence-corrected chi connectivity index (χ2v) is 7.16. The van der Waals surface area contributed by atoms with E-state index < -0.39 is 5.54 Å². The van der Waals surface area contributed by atoms with E-state index in [0.29, 0.717) is 34.4 Å². The zero-order chi connectivity index (χ0) is 17.7. The highest BCUT2D eigenvalue weighted by Crippen LogP contribution is 2.35. The lowest BCUT2D eigenvalue weighted by Gasteiger charge is -2.38. The van der Waals surface area contributed by atoms with Gasteiger partial charge in [-0.3, -0.25) is 4.79 Å². The molecule has 2 rings (SSSR count). The first kappa shape index (κ1) is 19.1. The van der Waals surface area contributed by atoms with Crippen molar-refractivity contribution in [2.75, 3.05) is 7.11 Å². The van der Waals surface area contributed by atoms with Gasteiger partial charge in [-0.1, -0.05) is 42.6 Å². The average Bonchev–Trinajstić information content (AvgIpc) is 2.58. The van der Waals surface area contributed by atoms with E-state index in [1.165, 1.54) is 7.11 Å². The summed E-state index contributed by atoms with van der Waals surface area (Å²) in [5.41, 5.74) is -0.369. The fourth-order valence-electron chi connectivity index (χ4n) is 3.33. The third-order valence-electron chi connectivity index (χ3n) is 4.89. The Morgan fingerprint density at radius 1 is 1.25 bits per heavy atom. The molecule has 132 valence electrons. The first-order valence-corrected chi connectivity index (χ1v) is 8.99. The third kappa shape index (κ3) is 4.22. The van der Waals surface area contributed by atoms with E-state index >= 15 is 0 Å². The van der Waals surface area contributed by atoms with Crippen molar-refractivity contribution in [3.05, 3.63) is 33.8 Å². The number of carbonyl (C=O) groups excluding carboxylic acids is 2. The number of halogens is 2. The van der Waals surface area contributed by atoms with Crippen LogP contribution in [0.5, 0.6) is 0 Å². The SMILES string of the molecule is CCC1CCC(NC(=O)Cc2c(Cl)cccc2Cl)(C(=O)OC)CC1. The van der Waals surface area contributed by atoms with Crippen LogP contribution in [0.15, 0.2) is 18.2 Å². The van der Waals surface area contributed by atoms with Crippen LogP contribution in [0.2, 0.25) is 10.0 Å². The van der Waals surface area contributed by atoms with E-state index in [1.807, 2.05) is 0 Å². The van der Waals surface area contributed by atoms with E-state index in [0.717, 1.165) is 19.3 Å². The van der Waals surface area contributed by atoms with Gasteiger partial charge in [-0.25, -0.2) is 4.79 Å². The van der Waals surface area contributed by atoms with E-state index in [2.05, 4.69) is 12.2 Å². The Kier molecular flexibility index (Phi) is 6.53. The Morgan fingerprint density at radius 2 is 1.83 bits per heavy atom. The Morgan fingerprint density at radius 3 is 2.33 bits per heavy atom. The molecular formula is C18H23Cl2NO3. The van der Waals surface area contributed by atoms with Crippen LogP contribution in [0.1, 0.15) is 44.6 Å². The monoisotopic (exact) mass is 371 g/mol. The molecule has 0 aromatic heterocycles. The van der Waals surface area contributed by atoms with Crippen molar-refractivity contribution in [1.82, 2.24) is 5.32 Å². The number of benzene rings is 1. The molecule has 1 aliphatic rings. The maximum atomic E-state index is 12.5. The molecule has 0 heterocycles. The van der Waals surface area contributed by atoms with Crippen LogP contribution in [0.4, 0.5) is 0 Å². The quantitative estimate of drug-likeness (QED) is 0.790. The van der Waals surface area contributed by atoms with Gasteiger partial charge in [0.2, 0.25) is 5.91 Å². The predicted molar refractivity (Wildman–Crippen MR) is 95.3 cm³/mol. The van der Waals surface area contributed by atoms with Crippen LogP contribution < -0.4 is 5.32 Å². The molecule has 6 heteroatoms. The van der Waals surface area contributed by atoms with E-state index in [9.17, 15) is 9.59 Å². The molecule has 1 aromatic carbocycles. The van der Waals surface area contributed by atoms with Gasteiger partial charge in [0.05, 0.1) is 13.5 Å². The van der Waals surface area contributed by atoms with E-state index in [4.69, 9.17) is 27.9 Å². The number of rotatable bonds is 5. The summed E-state index contributed by atoms with van der Waals surface area (Å²) < 4.78 is 4.95. The topological polar surface area (TPSA) is 55.4 Å². The minimum Gasteiger partial charge on any atom is -0.467 e. The number of carbonyl (C=O) groups is 2. The number of hydrogen-bond donors (Lipinski definition) is 1. The van der Waals surface area contributed by atoms with Crippen LogP contribution in [0.25, 0.3) is 0 Å². The maximum absolute atomic E-state index is 12.5. The van der Waals surface area contributed by atoms with Gasteiger partial charge in [0.1, 0.15) is 5.54 Å². The molecule has 1 fully saturated rings. The summed E-state index contributed by atoms with van der Waals surface area (Å²) in [6.07, 6.45) is 4.12. The summed E-state index contributed by atoms with van der Waals surface area (Å²) in [6.45, 7) is 2.15. The van der Waals surface area contributed by atoms with Crippen molar-refractivity contribution in [1.29, 1.82) is 0 Å². The van der Waals surface area contributed by atoms with Crippen molar-refractivity contribution in [3.8, 4) is 0 Å². The Balaban J connectivity index is 2.12. The summed E-state index contributed by atoms with van der Waals surface area (Å²) in [5.74, 6) is -0.0568. The molecule has 0 aliphatic heterocycles. The van der Waals surface area contributed by atoms with Crippen LogP contribution in [0, 0.1) is 5.92 Å². The Labute approximate surface area is 152 Å². The normalized spacial score (nSPS) is 23.6. The summed E-state index contributed by atoms with van der Waals surface area (Å²) in [5, 5.41) is 3.79.